The van der Waals surface area contributed by atoms with E-state index in [2.05, 4.69) is 5.32 Å². The topological polar surface area (TPSA) is 52.9 Å². The maximum atomic E-state index is 13.1. The van der Waals surface area contributed by atoms with Gasteiger partial charge in [0.2, 0.25) is 5.91 Å². The van der Waals surface area contributed by atoms with Gasteiger partial charge in [0.15, 0.2) is 0 Å². The van der Waals surface area contributed by atoms with Crippen molar-refractivity contribution in [2.45, 2.75) is 18.6 Å². The highest BCUT2D eigenvalue weighted by Gasteiger charge is 2.31. The number of nitrogens with one attached hydrogen (secondary N) is 1. The zero-order chi connectivity index (χ0) is 17.7. The van der Waals surface area contributed by atoms with Gasteiger partial charge in [0.25, 0.3) is 0 Å². The summed E-state index contributed by atoms with van der Waals surface area (Å²) in [6.07, 6.45) is -4.96. The van der Waals surface area contributed by atoms with Crippen LogP contribution in [-0.2, 0) is 11.0 Å². The molecule has 0 aliphatic carbocycles. The van der Waals surface area contributed by atoms with Crippen molar-refractivity contribution in [3.63, 3.8) is 0 Å². The van der Waals surface area contributed by atoms with Crippen molar-refractivity contribution < 1.29 is 22.4 Å². The lowest BCUT2D eigenvalue weighted by Crippen LogP contribution is -2.29. The molecule has 0 aliphatic rings. The summed E-state index contributed by atoms with van der Waals surface area (Å²) < 4.78 is 51.7. The van der Waals surface area contributed by atoms with Crippen LogP contribution in [0.15, 0.2) is 48.5 Å². The van der Waals surface area contributed by atoms with Crippen molar-refractivity contribution in [1.29, 1.82) is 5.26 Å². The summed E-state index contributed by atoms with van der Waals surface area (Å²) in [5.41, 5.74) is -0.272. The van der Waals surface area contributed by atoms with Gasteiger partial charge in [-0.05, 0) is 35.4 Å². The summed E-state index contributed by atoms with van der Waals surface area (Å²) in [6, 6.07) is 10.3. The molecule has 0 heterocycles. The highest BCUT2D eigenvalue weighted by molar-refractivity contribution is 5.79. The fourth-order valence-electron chi connectivity index (χ4n) is 2.19. The van der Waals surface area contributed by atoms with Gasteiger partial charge in [0.05, 0.1) is 17.7 Å². The van der Waals surface area contributed by atoms with E-state index in [1.54, 1.807) is 6.07 Å². The van der Waals surface area contributed by atoms with Crippen LogP contribution in [0.25, 0.3) is 0 Å². The summed E-state index contributed by atoms with van der Waals surface area (Å²) >= 11 is 0. The average molecular weight is 336 g/mol. The Morgan fingerprint density at radius 3 is 2.38 bits per heavy atom. The molecular weight excluding hydrogens is 324 g/mol. The lowest BCUT2D eigenvalue weighted by molar-refractivity contribution is -0.137. The van der Waals surface area contributed by atoms with Crippen LogP contribution in [0.1, 0.15) is 29.2 Å². The van der Waals surface area contributed by atoms with Gasteiger partial charge < -0.3 is 5.32 Å². The first-order valence-electron chi connectivity index (χ1n) is 6.90. The number of amides is 1. The molecule has 0 saturated heterocycles. The number of nitrogens with zero attached hydrogens (tertiary/aromatic N) is 1. The van der Waals surface area contributed by atoms with E-state index in [0.717, 1.165) is 24.3 Å². The summed E-state index contributed by atoms with van der Waals surface area (Å²) in [4.78, 5) is 11.7. The van der Waals surface area contributed by atoms with Crippen LogP contribution in [0.5, 0.6) is 0 Å². The molecule has 24 heavy (non-hydrogen) atoms. The van der Waals surface area contributed by atoms with E-state index in [9.17, 15) is 22.4 Å². The first kappa shape index (κ1) is 17.5. The normalized spacial score (nSPS) is 12.3. The van der Waals surface area contributed by atoms with Crippen LogP contribution < -0.4 is 5.32 Å². The van der Waals surface area contributed by atoms with E-state index in [1.165, 1.54) is 24.3 Å². The van der Waals surface area contributed by atoms with Gasteiger partial charge in [-0.1, -0.05) is 24.3 Å². The second-order valence-electron chi connectivity index (χ2n) is 5.01. The van der Waals surface area contributed by atoms with Crippen LogP contribution >= 0.6 is 0 Å². The predicted molar refractivity (Wildman–Crippen MR) is 78.1 cm³/mol. The lowest BCUT2D eigenvalue weighted by atomic mass is 9.96. The summed E-state index contributed by atoms with van der Waals surface area (Å²) in [5.74, 6) is -1.14. The van der Waals surface area contributed by atoms with Gasteiger partial charge in [-0.2, -0.15) is 18.4 Å². The molecule has 0 spiro atoms. The van der Waals surface area contributed by atoms with Gasteiger partial charge in [-0.3, -0.25) is 4.79 Å². The Hall–Kier alpha value is -2.88. The number of halogens is 4. The molecule has 0 aliphatic heterocycles. The molecule has 0 unspecified atom stereocenters. The van der Waals surface area contributed by atoms with Crippen molar-refractivity contribution in [2.75, 3.05) is 0 Å². The minimum absolute atomic E-state index is 0.183. The van der Waals surface area contributed by atoms with E-state index in [-0.39, 0.29) is 5.56 Å². The van der Waals surface area contributed by atoms with E-state index in [4.69, 9.17) is 5.26 Å². The Bertz CT molecular complexity index is 763. The molecule has 1 amide bonds. The zero-order valence-corrected chi connectivity index (χ0v) is 12.3. The maximum Gasteiger partial charge on any atom is 0.416 e. The Labute approximate surface area is 135 Å². The Kier molecular flexibility index (Phi) is 5.19. The van der Waals surface area contributed by atoms with Gasteiger partial charge in [0, 0.05) is 0 Å². The monoisotopic (exact) mass is 336 g/mol. The summed E-state index contributed by atoms with van der Waals surface area (Å²) in [5, 5.41) is 11.1. The van der Waals surface area contributed by atoms with Crippen molar-refractivity contribution in [3.8, 4) is 6.07 Å². The quantitative estimate of drug-likeness (QED) is 0.859. The molecule has 124 valence electrons. The number of carbonyl (C=O) groups excluding carboxylic acids is 1. The number of carbonyl (C=O) groups is 1. The number of hydrogen-bond donors (Lipinski definition) is 1. The smallest absolute Gasteiger partial charge is 0.344 e. The molecule has 7 heteroatoms. The molecule has 2 aromatic carbocycles. The SMILES string of the molecule is N#CCC(=O)N[C@@H](c1ccc(F)cc1)c1cccc(C(F)(F)F)c1. The first-order valence-corrected chi connectivity index (χ1v) is 6.90. The third-order valence-corrected chi connectivity index (χ3v) is 3.30. The van der Waals surface area contributed by atoms with Crippen molar-refractivity contribution in [1.82, 2.24) is 5.32 Å². The molecule has 0 bridgehead atoms. The lowest BCUT2D eigenvalue weighted by Gasteiger charge is -2.20. The van der Waals surface area contributed by atoms with E-state index >= 15 is 0 Å². The van der Waals surface area contributed by atoms with Crippen molar-refractivity contribution in [2.24, 2.45) is 0 Å². The van der Waals surface area contributed by atoms with Crippen LogP contribution in [-0.4, -0.2) is 5.91 Å². The minimum Gasteiger partial charge on any atom is -0.344 e. The van der Waals surface area contributed by atoms with E-state index in [0.29, 0.717) is 5.56 Å². The minimum atomic E-state index is -4.53. The third kappa shape index (κ3) is 4.32. The fraction of sp³-hybridized carbons (Fsp3) is 0.176. The fourth-order valence-corrected chi connectivity index (χ4v) is 2.19. The molecule has 0 fully saturated rings. The Morgan fingerprint density at radius 2 is 1.79 bits per heavy atom. The molecule has 0 radical (unpaired) electrons. The molecule has 0 aromatic heterocycles. The summed E-state index contributed by atoms with van der Waals surface area (Å²) in [7, 11) is 0. The molecule has 2 aromatic rings. The van der Waals surface area contributed by atoms with Crippen LogP contribution in [0.4, 0.5) is 17.6 Å². The summed E-state index contributed by atoms with van der Waals surface area (Å²) in [6.45, 7) is 0. The molecule has 0 saturated carbocycles. The largest absolute Gasteiger partial charge is 0.416 e. The van der Waals surface area contributed by atoms with Crippen LogP contribution in [0.2, 0.25) is 0 Å². The Morgan fingerprint density at radius 1 is 1.12 bits per heavy atom. The van der Waals surface area contributed by atoms with E-state index < -0.39 is 35.9 Å². The second kappa shape index (κ2) is 7.13. The second-order valence-corrected chi connectivity index (χ2v) is 5.01. The average Bonchev–Trinajstić information content (AvgIpc) is 2.53. The number of benzene rings is 2. The van der Waals surface area contributed by atoms with Gasteiger partial charge in [0.1, 0.15) is 12.2 Å². The molecule has 3 nitrogen and oxygen atoms in total. The third-order valence-electron chi connectivity index (χ3n) is 3.30. The van der Waals surface area contributed by atoms with Gasteiger partial charge >= 0.3 is 6.18 Å². The van der Waals surface area contributed by atoms with E-state index in [1.807, 2.05) is 0 Å². The molecule has 2 rings (SSSR count). The van der Waals surface area contributed by atoms with Crippen LogP contribution in [0.3, 0.4) is 0 Å². The molecular formula is C17H12F4N2O. The number of alkyl halides is 3. The maximum absolute atomic E-state index is 13.1. The van der Waals surface area contributed by atoms with Crippen molar-refractivity contribution in [3.05, 3.63) is 71.0 Å². The zero-order valence-electron chi connectivity index (χ0n) is 12.3. The standard InChI is InChI=1S/C17H12F4N2O/c18-14-6-4-11(5-7-14)16(23-15(24)8-9-22)12-2-1-3-13(10-12)17(19,20)21/h1-7,10,16H,8H2,(H,23,24)/t16-/m0/s1. The number of hydrogen-bond acceptors (Lipinski definition) is 2. The number of rotatable bonds is 4. The van der Waals surface area contributed by atoms with Crippen molar-refractivity contribution >= 4 is 5.91 Å². The highest BCUT2D eigenvalue weighted by Crippen LogP contribution is 2.32. The number of nitriles is 1. The van der Waals surface area contributed by atoms with Crippen LogP contribution in [0, 0.1) is 17.1 Å². The first-order chi connectivity index (χ1) is 11.3. The Balaban J connectivity index is 2.44. The molecule has 1 N–H and O–H groups in total. The van der Waals surface area contributed by atoms with Gasteiger partial charge in [-0.25, -0.2) is 4.39 Å². The van der Waals surface area contributed by atoms with Gasteiger partial charge in [-0.15, -0.1) is 0 Å². The predicted octanol–water partition coefficient (Wildman–Crippen LogP) is 3.96. The highest BCUT2D eigenvalue weighted by atomic mass is 19.4. The molecule has 1 atom stereocenters.